The Balaban J connectivity index is 2.10. The summed E-state index contributed by atoms with van der Waals surface area (Å²) in [6.45, 7) is 3.21. The molecule has 0 aromatic carbocycles. The molecule has 16 heavy (non-hydrogen) atoms. The van der Waals surface area contributed by atoms with Gasteiger partial charge in [0.15, 0.2) is 11.6 Å². The quantitative estimate of drug-likeness (QED) is 0.584. The molecule has 86 valence electrons. The molecule has 1 saturated heterocycles. The second-order valence-electron chi connectivity index (χ2n) is 4.76. The minimum atomic E-state index is -0.667. The molecule has 0 radical (unpaired) electrons. The summed E-state index contributed by atoms with van der Waals surface area (Å²) in [6.07, 6.45) is 7.65. The van der Waals surface area contributed by atoms with Crippen LogP contribution in [-0.4, -0.2) is 24.8 Å². The molecule has 2 unspecified atom stereocenters. The molecule has 1 spiro atoms. The van der Waals surface area contributed by atoms with Crippen molar-refractivity contribution in [3.8, 4) is 0 Å². The SMILES string of the molecule is CC1=CC(=O)C2CC=CCC1C21OCCO1. The number of ketones is 1. The molecule has 1 heterocycles. The molecule has 0 N–H and O–H groups in total. The Morgan fingerprint density at radius 3 is 2.50 bits per heavy atom. The van der Waals surface area contributed by atoms with Crippen LogP contribution in [0.1, 0.15) is 19.8 Å². The summed E-state index contributed by atoms with van der Waals surface area (Å²) in [4.78, 5) is 12.1. The number of hydrogen-bond acceptors (Lipinski definition) is 3. The zero-order valence-corrected chi connectivity index (χ0v) is 9.44. The molecule has 0 aromatic rings. The fourth-order valence-electron chi connectivity index (χ4n) is 3.13. The van der Waals surface area contributed by atoms with Crippen molar-refractivity contribution >= 4 is 5.78 Å². The van der Waals surface area contributed by atoms with Crippen molar-refractivity contribution in [3.63, 3.8) is 0 Å². The maximum absolute atomic E-state index is 12.1. The topological polar surface area (TPSA) is 35.5 Å². The Labute approximate surface area is 95.1 Å². The highest BCUT2D eigenvalue weighted by molar-refractivity contribution is 5.94. The van der Waals surface area contributed by atoms with Crippen LogP contribution in [0.5, 0.6) is 0 Å². The van der Waals surface area contributed by atoms with Crippen LogP contribution in [0.3, 0.4) is 0 Å². The van der Waals surface area contributed by atoms with Gasteiger partial charge in [0.05, 0.1) is 19.1 Å². The van der Waals surface area contributed by atoms with Gasteiger partial charge in [-0.25, -0.2) is 0 Å². The van der Waals surface area contributed by atoms with Crippen LogP contribution in [0.15, 0.2) is 23.8 Å². The van der Waals surface area contributed by atoms with Gasteiger partial charge in [-0.3, -0.25) is 4.79 Å². The van der Waals surface area contributed by atoms with Crippen molar-refractivity contribution in [2.24, 2.45) is 11.8 Å². The molecular weight excluding hydrogens is 204 g/mol. The van der Waals surface area contributed by atoms with Crippen LogP contribution < -0.4 is 0 Å². The Kier molecular flexibility index (Phi) is 2.26. The highest BCUT2D eigenvalue weighted by atomic mass is 16.7. The largest absolute Gasteiger partial charge is 0.346 e. The molecule has 3 nitrogen and oxygen atoms in total. The Morgan fingerprint density at radius 1 is 1.19 bits per heavy atom. The number of ether oxygens (including phenoxy) is 2. The third kappa shape index (κ3) is 1.25. The average Bonchev–Trinajstić information content (AvgIpc) is 2.63. The minimum Gasteiger partial charge on any atom is -0.346 e. The van der Waals surface area contributed by atoms with Crippen molar-refractivity contribution in [1.82, 2.24) is 0 Å². The van der Waals surface area contributed by atoms with Crippen LogP contribution in [0.25, 0.3) is 0 Å². The van der Waals surface area contributed by atoms with Gasteiger partial charge in [-0.15, -0.1) is 0 Å². The zero-order chi connectivity index (χ0) is 11.2. The van der Waals surface area contributed by atoms with Crippen molar-refractivity contribution in [2.75, 3.05) is 13.2 Å². The maximum atomic E-state index is 12.1. The van der Waals surface area contributed by atoms with E-state index in [0.29, 0.717) is 13.2 Å². The van der Waals surface area contributed by atoms with Gasteiger partial charge >= 0.3 is 0 Å². The summed E-state index contributed by atoms with van der Waals surface area (Å²) < 4.78 is 11.7. The molecule has 1 aliphatic heterocycles. The summed E-state index contributed by atoms with van der Waals surface area (Å²) in [5.41, 5.74) is 1.09. The van der Waals surface area contributed by atoms with Crippen LogP contribution in [0.4, 0.5) is 0 Å². The van der Waals surface area contributed by atoms with Gasteiger partial charge in [-0.1, -0.05) is 17.7 Å². The average molecular weight is 220 g/mol. The van der Waals surface area contributed by atoms with E-state index >= 15 is 0 Å². The third-order valence-electron chi connectivity index (χ3n) is 3.88. The zero-order valence-electron chi connectivity index (χ0n) is 9.44. The molecule has 0 saturated carbocycles. The molecule has 1 fully saturated rings. The summed E-state index contributed by atoms with van der Waals surface area (Å²) in [6, 6.07) is 0. The van der Waals surface area contributed by atoms with Gasteiger partial charge in [0.25, 0.3) is 0 Å². The lowest BCUT2D eigenvalue weighted by Crippen LogP contribution is -2.51. The Morgan fingerprint density at radius 2 is 1.81 bits per heavy atom. The van der Waals surface area contributed by atoms with E-state index in [9.17, 15) is 4.79 Å². The first-order valence-corrected chi connectivity index (χ1v) is 5.89. The predicted octanol–water partition coefficient (Wildman–Crippen LogP) is 1.84. The summed E-state index contributed by atoms with van der Waals surface area (Å²) in [5.74, 6) is -0.458. The molecule has 3 heteroatoms. The monoisotopic (exact) mass is 220 g/mol. The lowest BCUT2D eigenvalue weighted by Gasteiger charge is -2.42. The Bertz CT molecular complexity index is 375. The molecule has 2 aliphatic carbocycles. The molecule has 2 atom stereocenters. The summed E-state index contributed by atoms with van der Waals surface area (Å²) in [5, 5.41) is 0. The first kappa shape index (κ1) is 10.2. The van der Waals surface area contributed by atoms with Gasteiger partial charge in [-0.05, 0) is 25.8 Å². The van der Waals surface area contributed by atoms with Crippen LogP contribution in [0, 0.1) is 11.8 Å². The van der Waals surface area contributed by atoms with E-state index in [4.69, 9.17) is 9.47 Å². The first-order valence-electron chi connectivity index (χ1n) is 5.89. The first-order chi connectivity index (χ1) is 7.74. The number of hydrogen-bond donors (Lipinski definition) is 0. The van der Waals surface area contributed by atoms with E-state index in [1.165, 1.54) is 0 Å². The van der Waals surface area contributed by atoms with E-state index in [-0.39, 0.29) is 17.6 Å². The van der Waals surface area contributed by atoms with Crippen LogP contribution in [-0.2, 0) is 14.3 Å². The maximum Gasteiger partial charge on any atom is 0.185 e. The van der Waals surface area contributed by atoms with E-state index in [0.717, 1.165) is 18.4 Å². The number of rotatable bonds is 0. The molecule has 3 aliphatic rings. The smallest absolute Gasteiger partial charge is 0.185 e. The van der Waals surface area contributed by atoms with Crippen molar-refractivity contribution in [3.05, 3.63) is 23.8 Å². The highest BCUT2D eigenvalue weighted by Gasteiger charge is 2.55. The summed E-state index contributed by atoms with van der Waals surface area (Å²) in [7, 11) is 0. The normalized spacial score (nSPS) is 36.3. The third-order valence-corrected chi connectivity index (χ3v) is 3.88. The van der Waals surface area contributed by atoms with Gasteiger partial charge in [0.1, 0.15) is 0 Å². The highest BCUT2D eigenvalue weighted by Crippen LogP contribution is 2.47. The van der Waals surface area contributed by atoms with Crippen molar-refractivity contribution < 1.29 is 14.3 Å². The van der Waals surface area contributed by atoms with Crippen LogP contribution >= 0.6 is 0 Å². The fourth-order valence-corrected chi connectivity index (χ4v) is 3.13. The molecule has 3 rings (SSSR count). The van der Waals surface area contributed by atoms with Crippen molar-refractivity contribution in [2.45, 2.75) is 25.6 Å². The van der Waals surface area contributed by atoms with E-state index < -0.39 is 5.79 Å². The molecule has 0 aromatic heterocycles. The predicted molar refractivity (Wildman–Crippen MR) is 58.8 cm³/mol. The number of carbonyl (C=O) groups is 1. The molecule has 2 bridgehead atoms. The fraction of sp³-hybridized carbons (Fsp3) is 0.615. The van der Waals surface area contributed by atoms with Gasteiger partial charge < -0.3 is 9.47 Å². The lowest BCUT2D eigenvalue weighted by atomic mass is 9.74. The number of allylic oxidation sites excluding steroid dienone is 3. The standard InChI is InChI=1S/C13H16O3/c1-9-8-12(14)11-5-3-2-4-10(9)13(11)15-6-7-16-13/h2-3,8,10-11H,4-7H2,1H3. The minimum absolute atomic E-state index is 0.151. The lowest BCUT2D eigenvalue weighted by molar-refractivity contribution is -0.220. The number of carbonyl (C=O) groups excluding carboxylic acids is 1. The van der Waals surface area contributed by atoms with E-state index in [1.54, 1.807) is 6.08 Å². The van der Waals surface area contributed by atoms with E-state index in [1.807, 2.05) is 6.92 Å². The van der Waals surface area contributed by atoms with Crippen molar-refractivity contribution in [1.29, 1.82) is 0 Å². The van der Waals surface area contributed by atoms with Gasteiger partial charge in [0.2, 0.25) is 0 Å². The summed E-state index contributed by atoms with van der Waals surface area (Å²) >= 11 is 0. The van der Waals surface area contributed by atoms with E-state index in [2.05, 4.69) is 12.2 Å². The second kappa shape index (κ2) is 3.54. The van der Waals surface area contributed by atoms with Gasteiger partial charge in [0, 0.05) is 5.92 Å². The molecule has 0 amide bonds. The molecular formula is C13H16O3. The Hall–Kier alpha value is -0.930. The van der Waals surface area contributed by atoms with Crippen LogP contribution in [0.2, 0.25) is 0 Å². The second-order valence-corrected chi connectivity index (χ2v) is 4.76. The van der Waals surface area contributed by atoms with Gasteiger partial charge in [-0.2, -0.15) is 0 Å².